The van der Waals surface area contributed by atoms with Crippen LogP contribution in [0.25, 0.3) is 11.0 Å². The smallest absolute Gasteiger partial charge is 0.276 e. The molecule has 108 valence electrons. The van der Waals surface area contributed by atoms with E-state index in [0.29, 0.717) is 17.0 Å². The van der Waals surface area contributed by atoms with Crippen LogP contribution < -0.4 is 5.32 Å². The van der Waals surface area contributed by atoms with Crippen molar-refractivity contribution in [3.63, 3.8) is 0 Å². The number of nitriles is 1. The first kappa shape index (κ1) is 14.0. The lowest BCUT2D eigenvalue weighted by Crippen LogP contribution is -2.16. The summed E-state index contributed by atoms with van der Waals surface area (Å²) in [6, 6.07) is 12.0. The number of imidazole rings is 1. The first-order chi connectivity index (χ1) is 10.6. The monoisotopic (exact) mass is 311 g/mol. The number of halogens is 1. The summed E-state index contributed by atoms with van der Waals surface area (Å²) in [5.74, 6) is -0.0294. The highest BCUT2D eigenvalue weighted by atomic mass is 35.5. The first-order valence-electron chi connectivity index (χ1n) is 6.39. The molecule has 1 N–H and O–H groups in total. The molecule has 7 heteroatoms. The molecule has 0 spiro atoms. The molecule has 0 aliphatic carbocycles. The number of pyridine rings is 1. The Hall–Kier alpha value is -2.91. The van der Waals surface area contributed by atoms with Crippen molar-refractivity contribution in [3.8, 4) is 6.07 Å². The largest absolute Gasteiger partial charge is 0.313 e. The van der Waals surface area contributed by atoms with E-state index in [-0.39, 0.29) is 10.8 Å². The molecule has 2 aromatic heterocycles. The Morgan fingerprint density at radius 2 is 2.14 bits per heavy atom. The van der Waals surface area contributed by atoms with Gasteiger partial charge in [0.25, 0.3) is 5.91 Å². The summed E-state index contributed by atoms with van der Waals surface area (Å²) in [7, 11) is 1.76. The van der Waals surface area contributed by atoms with E-state index in [1.54, 1.807) is 48.0 Å². The summed E-state index contributed by atoms with van der Waals surface area (Å²) in [4.78, 5) is 20.5. The van der Waals surface area contributed by atoms with Gasteiger partial charge in [-0.15, -0.1) is 0 Å². The van der Waals surface area contributed by atoms with Crippen molar-refractivity contribution in [1.29, 1.82) is 5.26 Å². The summed E-state index contributed by atoms with van der Waals surface area (Å²) < 4.78 is 1.71. The van der Waals surface area contributed by atoms with E-state index in [4.69, 9.17) is 16.9 Å². The van der Waals surface area contributed by atoms with Gasteiger partial charge in [-0.2, -0.15) is 5.26 Å². The molecule has 0 aliphatic rings. The topological polar surface area (TPSA) is 83.6 Å². The number of fused-ring (bicyclic) bond motifs is 1. The third-order valence-corrected chi connectivity index (χ3v) is 3.39. The number of nitrogens with one attached hydrogen (secondary N) is 1. The fraction of sp³-hybridized carbons (Fsp3) is 0.0667. The van der Waals surface area contributed by atoms with E-state index in [1.165, 1.54) is 0 Å². The Bertz CT molecular complexity index is 925. The van der Waals surface area contributed by atoms with Crippen molar-refractivity contribution in [1.82, 2.24) is 14.5 Å². The fourth-order valence-electron chi connectivity index (χ4n) is 2.07. The minimum atomic E-state index is -0.401. The number of benzene rings is 1. The van der Waals surface area contributed by atoms with E-state index in [9.17, 15) is 4.79 Å². The number of carbonyl (C=O) groups is 1. The van der Waals surface area contributed by atoms with Crippen LogP contribution in [-0.2, 0) is 7.05 Å². The lowest BCUT2D eigenvalue weighted by Gasteiger charge is -2.04. The second-order valence-electron chi connectivity index (χ2n) is 4.61. The number of hydrogen-bond donors (Lipinski definition) is 1. The zero-order chi connectivity index (χ0) is 15.7. The highest BCUT2D eigenvalue weighted by molar-refractivity contribution is 6.29. The van der Waals surface area contributed by atoms with Crippen LogP contribution in [-0.4, -0.2) is 20.4 Å². The molecule has 1 amide bonds. The summed E-state index contributed by atoms with van der Waals surface area (Å²) in [6.45, 7) is 0. The molecular formula is C15H10ClN5O. The van der Waals surface area contributed by atoms with Crippen molar-refractivity contribution in [3.05, 3.63) is 52.8 Å². The molecule has 1 aromatic carbocycles. The van der Waals surface area contributed by atoms with Crippen molar-refractivity contribution in [2.45, 2.75) is 0 Å². The average molecular weight is 312 g/mol. The number of nitrogens with zero attached hydrogens (tertiary/aromatic N) is 4. The van der Waals surface area contributed by atoms with Gasteiger partial charge in [-0.1, -0.05) is 17.7 Å². The van der Waals surface area contributed by atoms with Gasteiger partial charge in [0.1, 0.15) is 10.8 Å². The van der Waals surface area contributed by atoms with E-state index >= 15 is 0 Å². The zero-order valence-corrected chi connectivity index (χ0v) is 12.3. The molecule has 22 heavy (non-hydrogen) atoms. The predicted octanol–water partition coefficient (Wildman–Crippen LogP) is 2.75. The molecular weight excluding hydrogens is 302 g/mol. The van der Waals surface area contributed by atoms with Gasteiger partial charge >= 0.3 is 0 Å². The van der Waals surface area contributed by atoms with Gasteiger partial charge in [0.05, 0.1) is 22.7 Å². The predicted molar refractivity (Wildman–Crippen MR) is 82.6 cm³/mol. The number of carbonyl (C=O) groups excluding carboxylic acids is 1. The molecule has 3 rings (SSSR count). The SMILES string of the molecule is Cn1c(NC(=O)c2cccc(Cl)n2)nc2ccc(C#N)cc21. The minimum Gasteiger partial charge on any atom is -0.313 e. The zero-order valence-electron chi connectivity index (χ0n) is 11.5. The molecule has 0 aliphatic heterocycles. The molecule has 0 bridgehead atoms. The van der Waals surface area contributed by atoms with Gasteiger partial charge in [0.2, 0.25) is 5.95 Å². The highest BCUT2D eigenvalue weighted by Crippen LogP contribution is 2.20. The summed E-state index contributed by atoms with van der Waals surface area (Å²) in [6.07, 6.45) is 0. The molecule has 0 radical (unpaired) electrons. The molecule has 6 nitrogen and oxygen atoms in total. The fourth-order valence-corrected chi connectivity index (χ4v) is 2.24. The molecule has 0 saturated heterocycles. The number of anilines is 1. The van der Waals surface area contributed by atoms with Crippen molar-refractivity contribution < 1.29 is 4.79 Å². The van der Waals surface area contributed by atoms with Crippen molar-refractivity contribution in [2.24, 2.45) is 7.05 Å². The maximum absolute atomic E-state index is 12.2. The van der Waals surface area contributed by atoms with E-state index in [2.05, 4.69) is 21.4 Å². The van der Waals surface area contributed by atoms with E-state index in [0.717, 1.165) is 5.52 Å². The molecule has 3 aromatic rings. The standard InChI is InChI=1S/C15H10ClN5O/c1-21-12-7-9(8-17)5-6-10(12)19-15(21)20-14(22)11-3-2-4-13(16)18-11/h2-7H,1H3,(H,19,20,22). The lowest BCUT2D eigenvalue weighted by atomic mass is 10.2. The van der Waals surface area contributed by atoms with E-state index in [1.807, 2.05) is 0 Å². The normalized spacial score (nSPS) is 10.4. The maximum Gasteiger partial charge on any atom is 0.276 e. The Labute approximate surface area is 131 Å². The quantitative estimate of drug-likeness (QED) is 0.738. The second kappa shape index (κ2) is 5.47. The van der Waals surface area contributed by atoms with Crippen LogP contribution >= 0.6 is 11.6 Å². The molecule has 0 unspecified atom stereocenters. The Morgan fingerprint density at radius 1 is 1.32 bits per heavy atom. The van der Waals surface area contributed by atoms with Crippen LogP contribution in [0.1, 0.15) is 16.1 Å². The van der Waals surface area contributed by atoms with Crippen LogP contribution in [0.5, 0.6) is 0 Å². The number of aromatic nitrogens is 3. The summed E-state index contributed by atoms with van der Waals surface area (Å²) >= 11 is 5.78. The van der Waals surface area contributed by atoms with Gasteiger partial charge in [0.15, 0.2) is 0 Å². The first-order valence-corrected chi connectivity index (χ1v) is 6.77. The highest BCUT2D eigenvalue weighted by Gasteiger charge is 2.13. The maximum atomic E-state index is 12.2. The Morgan fingerprint density at radius 3 is 2.86 bits per heavy atom. The number of aryl methyl sites for hydroxylation is 1. The lowest BCUT2D eigenvalue weighted by molar-refractivity contribution is 0.102. The second-order valence-corrected chi connectivity index (χ2v) is 5.00. The number of rotatable bonds is 2. The van der Waals surface area contributed by atoms with Gasteiger partial charge in [-0.05, 0) is 30.3 Å². The van der Waals surface area contributed by atoms with Gasteiger partial charge in [0, 0.05) is 7.05 Å². The van der Waals surface area contributed by atoms with E-state index < -0.39 is 5.91 Å². The van der Waals surface area contributed by atoms with Crippen molar-refractivity contribution >= 4 is 34.5 Å². The van der Waals surface area contributed by atoms with Gasteiger partial charge in [-0.25, -0.2) is 9.97 Å². The van der Waals surface area contributed by atoms with Crippen LogP contribution in [0, 0.1) is 11.3 Å². The summed E-state index contributed by atoms with van der Waals surface area (Å²) in [5.41, 5.74) is 2.19. The van der Waals surface area contributed by atoms with Crippen LogP contribution in [0.15, 0.2) is 36.4 Å². The molecule has 0 atom stereocenters. The van der Waals surface area contributed by atoms with Crippen LogP contribution in [0.4, 0.5) is 5.95 Å². The molecule has 0 fully saturated rings. The third-order valence-electron chi connectivity index (χ3n) is 3.18. The van der Waals surface area contributed by atoms with Crippen LogP contribution in [0.3, 0.4) is 0 Å². The number of hydrogen-bond acceptors (Lipinski definition) is 4. The third kappa shape index (κ3) is 2.50. The molecule has 0 saturated carbocycles. The average Bonchev–Trinajstić information content (AvgIpc) is 2.83. The van der Waals surface area contributed by atoms with Gasteiger partial charge in [-0.3, -0.25) is 10.1 Å². The van der Waals surface area contributed by atoms with Crippen molar-refractivity contribution in [2.75, 3.05) is 5.32 Å². The summed E-state index contributed by atoms with van der Waals surface area (Å²) in [5, 5.41) is 11.9. The Kier molecular flexibility index (Phi) is 3.49. The minimum absolute atomic E-state index is 0.206. The molecule has 2 heterocycles. The number of amides is 1. The Balaban J connectivity index is 1.96. The van der Waals surface area contributed by atoms with Crippen LogP contribution in [0.2, 0.25) is 5.15 Å². The van der Waals surface area contributed by atoms with Gasteiger partial charge < -0.3 is 4.57 Å².